The Hall–Kier alpha value is -1.65. The first-order valence-corrected chi connectivity index (χ1v) is 7.40. The highest BCUT2D eigenvalue weighted by Crippen LogP contribution is 2.48. The zero-order chi connectivity index (χ0) is 14.4. The molecule has 0 unspecified atom stereocenters. The van der Waals surface area contributed by atoms with Gasteiger partial charge in [0, 0.05) is 12.0 Å². The second-order valence-electron chi connectivity index (χ2n) is 6.97. The van der Waals surface area contributed by atoms with Crippen molar-refractivity contribution in [1.29, 1.82) is 0 Å². The van der Waals surface area contributed by atoms with Gasteiger partial charge in [0.25, 0.3) is 0 Å². The molecular formula is C15H23N5. The third-order valence-corrected chi connectivity index (χ3v) is 4.29. The van der Waals surface area contributed by atoms with Crippen molar-refractivity contribution in [3.05, 3.63) is 18.0 Å². The fourth-order valence-electron chi connectivity index (χ4n) is 2.46. The van der Waals surface area contributed by atoms with Crippen LogP contribution in [-0.2, 0) is 5.41 Å². The molecule has 0 saturated heterocycles. The summed E-state index contributed by atoms with van der Waals surface area (Å²) in [4.78, 5) is 0. The van der Waals surface area contributed by atoms with Gasteiger partial charge >= 0.3 is 0 Å². The highest BCUT2D eigenvalue weighted by atomic mass is 15.4. The van der Waals surface area contributed by atoms with E-state index in [1.807, 2.05) is 16.6 Å². The van der Waals surface area contributed by atoms with E-state index in [4.69, 9.17) is 0 Å². The lowest BCUT2D eigenvalue weighted by molar-refractivity contribution is 0.516. The minimum Gasteiger partial charge on any atom is -0.368 e. The van der Waals surface area contributed by atoms with Gasteiger partial charge in [-0.15, -0.1) is 15.3 Å². The van der Waals surface area contributed by atoms with Gasteiger partial charge in [0.15, 0.2) is 11.5 Å². The summed E-state index contributed by atoms with van der Waals surface area (Å²) in [6.45, 7) is 9.66. The molecule has 0 atom stereocenters. The molecular weight excluding hydrogens is 250 g/mol. The van der Waals surface area contributed by atoms with E-state index in [1.54, 1.807) is 0 Å². The van der Waals surface area contributed by atoms with Crippen molar-refractivity contribution in [3.8, 4) is 0 Å². The van der Waals surface area contributed by atoms with Crippen LogP contribution < -0.4 is 5.32 Å². The van der Waals surface area contributed by atoms with Crippen molar-refractivity contribution < 1.29 is 0 Å². The lowest BCUT2D eigenvalue weighted by atomic mass is 9.96. The number of hydrogen-bond acceptors (Lipinski definition) is 4. The molecule has 1 fully saturated rings. The average Bonchev–Trinajstić information content (AvgIpc) is 3.05. The van der Waals surface area contributed by atoms with Gasteiger partial charge in [-0.2, -0.15) is 4.52 Å². The summed E-state index contributed by atoms with van der Waals surface area (Å²) in [5.41, 5.74) is 1.25. The van der Waals surface area contributed by atoms with Crippen LogP contribution in [0.4, 0.5) is 5.82 Å². The van der Waals surface area contributed by atoms with Crippen LogP contribution in [0, 0.1) is 5.41 Å². The summed E-state index contributed by atoms with van der Waals surface area (Å²) in [5, 5.41) is 16.6. The molecule has 1 aliphatic carbocycles. The molecule has 0 bridgehead atoms. The van der Waals surface area contributed by atoms with Gasteiger partial charge in [0.05, 0.1) is 0 Å². The molecule has 1 aliphatic rings. The van der Waals surface area contributed by atoms with E-state index in [0.29, 0.717) is 5.41 Å². The van der Waals surface area contributed by atoms with Gasteiger partial charge in [-0.3, -0.25) is 0 Å². The number of nitrogens with one attached hydrogen (secondary N) is 1. The number of nitrogens with zero attached hydrogens (tertiary/aromatic N) is 4. The van der Waals surface area contributed by atoms with Crippen molar-refractivity contribution in [3.63, 3.8) is 0 Å². The van der Waals surface area contributed by atoms with Gasteiger partial charge in [0.2, 0.25) is 0 Å². The summed E-state index contributed by atoms with van der Waals surface area (Å²) in [5.74, 6) is 1.80. The average molecular weight is 273 g/mol. The maximum atomic E-state index is 4.65. The van der Waals surface area contributed by atoms with Crippen LogP contribution >= 0.6 is 0 Å². The van der Waals surface area contributed by atoms with E-state index >= 15 is 0 Å². The van der Waals surface area contributed by atoms with Gasteiger partial charge in [-0.1, -0.05) is 27.7 Å². The van der Waals surface area contributed by atoms with Crippen LogP contribution in [0.3, 0.4) is 0 Å². The zero-order valence-corrected chi connectivity index (χ0v) is 12.8. The second-order valence-corrected chi connectivity index (χ2v) is 6.97. The topological polar surface area (TPSA) is 55.1 Å². The zero-order valence-electron chi connectivity index (χ0n) is 12.8. The van der Waals surface area contributed by atoms with Crippen molar-refractivity contribution in [2.24, 2.45) is 5.41 Å². The molecule has 108 valence electrons. The third kappa shape index (κ3) is 2.37. The maximum Gasteiger partial charge on any atom is 0.178 e. The molecule has 0 spiro atoms. The maximum absolute atomic E-state index is 4.65. The molecule has 0 amide bonds. The van der Waals surface area contributed by atoms with E-state index in [1.165, 1.54) is 19.3 Å². The standard InChI is InChI=1S/C15H23N5/c1-5-15(8-9-15)10-16-11-6-7-12-17-18-13(14(2,3)4)20(12)19-11/h6-7H,5,8-10H2,1-4H3,(H,16,19). The number of fused-ring (bicyclic) bond motifs is 1. The minimum absolute atomic E-state index is 0.0633. The first kappa shape index (κ1) is 13.3. The summed E-state index contributed by atoms with van der Waals surface area (Å²) in [6.07, 6.45) is 3.90. The van der Waals surface area contributed by atoms with Crippen molar-refractivity contribution >= 4 is 11.5 Å². The van der Waals surface area contributed by atoms with Gasteiger partial charge in [0.1, 0.15) is 5.82 Å². The first-order chi connectivity index (χ1) is 9.43. The molecule has 2 heterocycles. The molecule has 1 N–H and O–H groups in total. The Bertz CT molecular complexity index is 619. The fourth-order valence-corrected chi connectivity index (χ4v) is 2.46. The van der Waals surface area contributed by atoms with Crippen LogP contribution in [0.5, 0.6) is 0 Å². The fraction of sp³-hybridized carbons (Fsp3) is 0.667. The highest BCUT2D eigenvalue weighted by molar-refractivity contribution is 5.44. The Morgan fingerprint density at radius 3 is 2.60 bits per heavy atom. The molecule has 1 saturated carbocycles. The van der Waals surface area contributed by atoms with Crippen LogP contribution in [0.15, 0.2) is 12.1 Å². The number of rotatable bonds is 4. The Labute approximate surface area is 119 Å². The normalized spacial score (nSPS) is 17.4. The summed E-state index contributed by atoms with van der Waals surface area (Å²) >= 11 is 0. The van der Waals surface area contributed by atoms with Crippen LogP contribution in [-0.4, -0.2) is 26.4 Å². The molecule has 0 aliphatic heterocycles. The van der Waals surface area contributed by atoms with Gasteiger partial charge in [-0.05, 0) is 36.8 Å². The van der Waals surface area contributed by atoms with E-state index in [0.717, 1.165) is 23.8 Å². The number of aromatic nitrogens is 4. The Kier molecular flexibility index (Phi) is 2.96. The monoisotopic (exact) mass is 273 g/mol. The minimum atomic E-state index is -0.0633. The van der Waals surface area contributed by atoms with Crippen molar-refractivity contribution in [2.45, 2.75) is 52.4 Å². The SMILES string of the molecule is CCC1(CNc2ccc3nnc(C(C)(C)C)n3n2)CC1. The largest absolute Gasteiger partial charge is 0.368 e. The van der Waals surface area contributed by atoms with Gasteiger partial charge in [-0.25, -0.2) is 0 Å². The van der Waals surface area contributed by atoms with Crippen molar-refractivity contribution in [1.82, 2.24) is 19.8 Å². The number of hydrogen-bond donors (Lipinski definition) is 1. The molecule has 2 aromatic rings. The van der Waals surface area contributed by atoms with Gasteiger partial charge < -0.3 is 5.32 Å². The summed E-state index contributed by atoms with van der Waals surface area (Å²) in [7, 11) is 0. The summed E-state index contributed by atoms with van der Waals surface area (Å²) < 4.78 is 1.86. The Morgan fingerprint density at radius 2 is 2.00 bits per heavy atom. The van der Waals surface area contributed by atoms with Crippen LogP contribution in [0.25, 0.3) is 5.65 Å². The second kappa shape index (κ2) is 4.43. The molecule has 2 aromatic heterocycles. The van der Waals surface area contributed by atoms with E-state index in [-0.39, 0.29) is 5.41 Å². The Morgan fingerprint density at radius 1 is 1.25 bits per heavy atom. The molecule has 5 heteroatoms. The first-order valence-electron chi connectivity index (χ1n) is 7.40. The molecule has 20 heavy (non-hydrogen) atoms. The molecule has 5 nitrogen and oxygen atoms in total. The molecule has 3 rings (SSSR count). The lowest BCUT2D eigenvalue weighted by Gasteiger charge is -2.16. The molecule has 0 aromatic carbocycles. The number of anilines is 1. The van der Waals surface area contributed by atoms with Crippen molar-refractivity contribution in [2.75, 3.05) is 11.9 Å². The molecule has 0 radical (unpaired) electrons. The van der Waals surface area contributed by atoms with E-state index in [9.17, 15) is 0 Å². The predicted molar refractivity (Wildman–Crippen MR) is 79.9 cm³/mol. The third-order valence-electron chi connectivity index (χ3n) is 4.29. The van der Waals surface area contributed by atoms with E-state index < -0.39 is 0 Å². The predicted octanol–water partition coefficient (Wildman–Crippen LogP) is 3.02. The van der Waals surface area contributed by atoms with Crippen LogP contribution in [0.1, 0.15) is 52.8 Å². The lowest BCUT2D eigenvalue weighted by Crippen LogP contribution is -2.19. The quantitative estimate of drug-likeness (QED) is 0.930. The summed E-state index contributed by atoms with van der Waals surface area (Å²) in [6, 6.07) is 3.96. The smallest absolute Gasteiger partial charge is 0.178 e. The highest BCUT2D eigenvalue weighted by Gasteiger charge is 2.40. The van der Waals surface area contributed by atoms with Crippen LogP contribution in [0.2, 0.25) is 0 Å². The Balaban J connectivity index is 1.86. The van der Waals surface area contributed by atoms with E-state index in [2.05, 4.69) is 48.3 Å².